The van der Waals surface area contributed by atoms with Crippen molar-refractivity contribution in [2.24, 2.45) is 0 Å². The van der Waals surface area contributed by atoms with Crippen LogP contribution < -0.4 is 10.9 Å². The normalized spacial score (nSPS) is 14.1. The predicted molar refractivity (Wildman–Crippen MR) is 114 cm³/mol. The van der Waals surface area contributed by atoms with Crippen LogP contribution in [0.5, 0.6) is 0 Å². The Morgan fingerprint density at radius 1 is 1.13 bits per heavy atom. The van der Waals surface area contributed by atoms with Crippen molar-refractivity contribution in [1.82, 2.24) is 30.4 Å². The third-order valence-corrected chi connectivity index (χ3v) is 6.86. The summed E-state index contributed by atoms with van der Waals surface area (Å²) in [5.41, 5.74) is 9.11. The van der Waals surface area contributed by atoms with Gasteiger partial charge < -0.3 is 0 Å². The van der Waals surface area contributed by atoms with Gasteiger partial charge in [-0.25, -0.2) is 9.50 Å². The van der Waals surface area contributed by atoms with Gasteiger partial charge in [-0.15, -0.1) is 11.3 Å². The summed E-state index contributed by atoms with van der Waals surface area (Å²) in [6.07, 6.45) is 9.16. The molecule has 4 rings (SSSR count). The maximum absolute atomic E-state index is 12.5. The molecular formula is C21H26N6O2S. The Bertz CT molecular complexity index is 1060. The number of hydrazine groups is 1. The fourth-order valence-corrected chi connectivity index (χ4v) is 5.11. The average molecular weight is 427 g/mol. The average Bonchev–Trinajstić information content (AvgIpc) is 3.33. The number of hydrogen-bond acceptors (Lipinski definition) is 6. The Hall–Kier alpha value is -2.81. The van der Waals surface area contributed by atoms with E-state index in [2.05, 4.69) is 25.9 Å². The topological polar surface area (TPSA) is 101 Å². The van der Waals surface area contributed by atoms with Crippen molar-refractivity contribution in [3.05, 3.63) is 44.7 Å². The van der Waals surface area contributed by atoms with Gasteiger partial charge in [-0.3, -0.25) is 20.4 Å². The zero-order valence-corrected chi connectivity index (χ0v) is 18.1. The highest BCUT2D eigenvalue weighted by Gasteiger charge is 2.17. The SMILES string of the molecule is Cc1nc2ncnn2c(C)c1CCC(=O)NNC(=O)c1cc2c(s1)CCCCCC2. The van der Waals surface area contributed by atoms with E-state index in [0.29, 0.717) is 17.1 Å². The van der Waals surface area contributed by atoms with Crippen LogP contribution in [0.2, 0.25) is 0 Å². The Morgan fingerprint density at radius 2 is 1.93 bits per heavy atom. The number of nitrogens with one attached hydrogen (secondary N) is 2. The molecule has 3 heterocycles. The van der Waals surface area contributed by atoms with Crippen molar-refractivity contribution in [1.29, 1.82) is 0 Å². The van der Waals surface area contributed by atoms with Gasteiger partial charge >= 0.3 is 0 Å². The number of rotatable bonds is 4. The number of carbonyl (C=O) groups excluding carboxylic acids is 2. The number of nitrogens with zero attached hydrogens (tertiary/aromatic N) is 4. The second-order valence-electron chi connectivity index (χ2n) is 7.71. The minimum Gasteiger partial charge on any atom is -0.273 e. The summed E-state index contributed by atoms with van der Waals surface area (Å²) in [5, 5.41) is 4.17. The van der Waals surface area contributed by atoms with E-state index in [1.807, 2.05) is 19.9 Å². The molecular weight excluding hydrogens is 400 g/mol. The third kappa shape index (κ3) is 4.35. The molecule has 30 heavy (non-hydrogen) atoms. The molecule has 0 saturated carbocycles. The van der Waals surface area contributed by atoms with E-state index in [1.165, 1.54) is 42.5 Å². The molecule has 2 amide bonds. The van der Waals surface area contributed by atoms with Crippen LogP contribution in [0.25, 0.3) is 5.78 Å². The third-order valence-electron chi connectivity index (χ3n) is 5.63. The van der Waals surface area contributed by atoms with E-state index < -0.39 is 0 Å². The number of aryl methyl sites for hydroxylation is 4. The monoisotopic (exact) mass is 426 g/mol. The molecule has 3 aromatic heterocycles. The number of aromatic nitrogens is 4. The van der Waals surface area contributed by atoms with Crippen molar-refractivity contribution in [3.63, 3.8) is 0 Å². The van der Waals surface area contributed by atoms with Crippen LogP contribution >= 0.6 is 11.3 Å². The number of thiophene rings is 1. The highest BCUT2D eigenvalue weighted by Crippen LogP contribution is 2.28. The minimum atomic E-state index is -0.252. The maximum Gasteiger partial charge on any atom is 0.279 e. The highest BCUT2D eigenvalue weighted by atomic mass is 32.1. The molecule has 3 aromatic rings. The van der Waals surface area contributed by atoms with Crippen LogP contribution in [0.4, 0.5) is 0 Å². The molecule has 0 bridgehead atoms. The van der Waals surface area contributed by atoms with Gasteiger partial charge in [0.05, 0.1) is 4.88 Å². The summed E-state index contributed by atoms with van der Waals surface area (Å²) in [7, 11) is 0. The van der Waals surface area contributed by atoms with Crippen LogP contribution in [-0.2, 0) is 24.1 Å². The van der Waals surface area contributed by atoms with E-state index in [-0.39, 0.29) is 18.2 Å². The molecule has 0 aromatic carbocycles. The molecule has 0 radical (unpaired) electrons. The number of hydrogen-bond donors (Lipinski definition) is 2. The molecule has 158 valence electrons. The first kappa shape index (κ1) is 20.5. The summed E-state index contributed by atoms with van der Waals surface area (Å²) in [6.45, 7) is 3.84. The maximum atomic E-state index is 12.5. The molecule has 8 nitrogen and oxygen atoms in total. The smallest absolute Gasteiger partial charge is 0.273 e. The van der Waals surface area contributed by atoms with Crippen LogP contribution in [0, 0.1) is 13.8 Å². The van der Waals surface area contributed by atoms with E-state index in [0.717, 1.165) is 29.8 Å². The van der Waals surface area contributed by atoms with Gasteiger partial charge in [-0.05, 0) is 63.1 Å². The summed E-state index contributed by atoms with van der Waals surface area (Å²) >= 11 is 1.55. The first-order valence-electron chi connectivity index (χ1n) is 10.4. The molecule has 2 N–H and O–H groups in total. The van der Waals surface area contributed by atoms with E-state index in [9.17, 15) is 9.59 Å². The van der Waals surface area contributed by atoms with Crippen LogP contribution in [-0.4, -0.2) is 31.4 Å². The number of fused-ring (bicyclic) bond motifs is 2. The van der Waals surface area contributed by atoms with Gasteiger partial charge in [0.1, 0.15) is 6.33 Å². The fraction of sp³-hybridized carbons (Fsp3) is 0.476. The van der Waals surface area contributed by atoms with E-state index in [4.69, 9.17) is 0 Å². The van der Waals surface area contributed by atoms with E-state index >= 15 is 0 Å². The Labute approximate surface area is 179 Å². The minimum absolute atomic E-state index is 0.240. The van der Waals surface area contributed by atoms with Gasteiger partial charge in [0.15, 0.2) is 0 Å². The Morgan fingerprint density at radius 3 is 2.77 bits per heavy atom. The lowest BCUT2D eigenvalue weighted by atomic mass is 10.00. The van der Waals surface area contributed by atoms with Gasteiger partial charge in [-0.1, -0.05) is 12.8 Å². The predicted octanol–water partition coefficient (Wildman–Crippen LogP) is 2.86. The standard InChI is InChI=1S/C21H26N6O2S/c1-13-16(14(2)27-21(24-13)22-12-23-27)9-10-19(28)25-26-20(29)18-11-15-7-5-3-4-6-8-17(15)30-18/h11-12H,3-10H2,1-2H3,(H,25,28)(H,26,29). The molecule has 9 heteroatoms. The fourth-order valence-electron chi connectivity index (χ4n) is 3.96. The Kier molecular flexibility index (Phi) is 6.08. The van der Waals surface area contributed by atoms with Crippen molar-refractivity contribution in [3.8, 4) is 0 Å². The van der Waals surface area contributed by atoms with Crippen LogP contribution in [0.15, 0.2) is 12.4 Å². The van der Waals surface area contributed by atoms with Gasteiger partial charge in [0.25, 0.3) is 11.7 Å². The van der Waals surface area contributed by atoms with Gasteiger partial charge in [0.2, 0.25) is 5.91 Å². The summed E-state index contributed by atoms with van der Waals surface area (Å²) in [5.74, 6) is 0.0597. The zero-order chi connectivity index (χ0) is 21.1. The summed E-state index contributed by atoms with van der Waals surface area (Å²) in [6, 6.07) is 1.98. The van der Waals surface area contributed by atoms with Crippen LogP contribution in [0.1, 0.15) is 69.2 Å². The number of carbonyl (C=O) groups is 2. The second-order valence-corrected chi connectivity index (χ2v) is 8.85. The molecule has 0 saturated heterocycles. The Balaban J connectivity index is 1.33. The molecule has 1 aliphatic carbocycles. The van der Waals surface area contributed by atoms with E-state index in [1.54, 1.807) is 15.9 Å². The lowest BCUT2D eigenvalue weighted by Crippen LogP contribution is -2.41. The largest absolute Gasteiger partial charge is 0.279 e. The molecule has 0 spiro atoms. The van der Waals surface area contributed by atoms with Crippen LogP contribution in [0.3, 0.4) is 0 Å². The van der Waals surface area contributed by atoms with Crippen molar-refractivity contribution in [2.75, 3.05) is 0 Å². The molecule has 0 aliphatic heterocycles. The lowest BCUT2D eigenvalue weighted by molar-refractivity contribution is -0.121. The number of amides is 2. The molecule has 0 unspecified atom stereocenters. The van der Waals surface area contributed by atoms with Crippen molar-refractivity contribution < 1.29 is 9.59 Å². The molecule has 1 aliphatic rings. The quantitative estimate of drug-likeness (QED) is 0.625. The first-order valence-corrected chi connectivity index (χ1v) is 11.2. The second kappa shape index (κ2) is 8.91. The van der Waals surface area contributed by atoms with Crippen molar-refractivity contribution >= 4 is 28.9 Å². The van der Waals surface area contributed by atoms with Gasteiger partial charge in [-0.2, -0.15) is 10.1 Å². The summed E-state index contributed by atoms with van der Waals surface area (Å²) < 4.78 is 1.67. The first-order chi connectivity index (χ1) is 14.5. The van der Waals surface area contributed by atoms with Crippen molar-refractivity contribution in [2.45, 2.75) is 65.2 Å². The highest BCUT2D eigenvalue weighted by molar-refractivity contribution is 7.14. The molecule has 0 fully saturated rings. The zero-order valence-electron chi connectivity index (χ0n) is 17.3. The van der Waals surface area contributed by atoms with Gasteiger partial charge in [0, 0.05) is 22.7 Å². The summed E-state index contributed by atoms with van der Waals surface area (Å²) in [4.78, 5) is 35.3. The molecule has 0 atom stereocenters. The lowest BCUT2D eigenvalue weighted by Gasteiger charge is -2.10.